The third-order valence-electron chi connectivity index (χ3n) is 6.24. The Hall–Kier alpha value is -1.96. The molecule has 0 radical (unpaired) electrons. The van der Waals surface area contributed by atoms with E-state index in [4.69, 9.17) is 11.6 Å². The second-order valence-corrected chi connectivity index (χ2v) is 10.3. The summed E-state index contributed by atoms with van der Waals surface area (Å²) >= 11 is 6.19. The Morgan fingerprint density at radius 3 is 2.73 bits per heavy atom. The van der Waals surface area contributed by atoms with Gasteiger partial charge in [-0.2, -0.15) is 0 Å². The Kier molecular flexibility index (Phi) is 6.41. The van der Waals surface area contributed by atoms with E-state index < -0.39 is 10.0 Å². The molecule has 2 atom stereocenters. The predicted molar refractivity (Wildman–Crippen MR) is 116 cm³/mol. The minimum atomic E-state index is -3.88. The van der Waals surface area contributed by atoms with Crippen LogP contribution in [0, 0.1) is 11.8 Å². The summed E-state index contributed by atoms with van der Waals surface area (Å²) in [7, 11) is -3.88. The fourth-order valence-corrected chi connectivity index (χ4v) is 6.11. The molecule has 160 valence electrons. The number of carbonyl (C=O) groups excluding carboxylic acids is 1. The molecule has 0 unspecified atom stereocenters. The number of fused-ring (bicyclic) bond motifs is 1. The van der Waals surface area contributed by atoms with Crippen LogP contribution in [0.2, 0.25) is 5.02 Å². The van der Waals surface area contributed by atoms with E-state index in [9.17, 15) is 13.2 Å². The number of hydrogen-bond acceptors (Lipinski definition) is 4. The molecule has 0 spiro atoms. The zero-order chi connectivity index (χ0) is 21.1. The lowest BCUT2D eigenvalue weighted by molar-refractivity contribution is 0.0520. The van der Waals surface area contributed by atoms with Crippen LogP contribution in [0.3, 0.4) is 0 Å². The first-order valence-corrected chi connectivity index (χ1v) is 12.3. The van der Waals surface area contributed by atoms with E-state index in [1.807, 2.05) is 4.90 Å². The molecule has 2 fully saturated rings. The molecule has 1 saturated heterocycles. The van der Waals surface area contributed by atoms with Crippen molar-refractivity contribution in [3.05, 3.63) is 58.9 Å². The third-order valence-corrected chi connectivity index (χ3v) is 8.12. The van der Waals surface area contributed by atoms with Crippen molar-refractivity contribution < 1.29 is 13.2 Å². The van der Waals surface area contributed by atoms with Gasteiger partial charge >= 0.3 is 0 Å². The summed E-state index contributed by atoms with van der Waals surface area (Å²) in [6.07, 6.45) is 9.21. The van der Waals surface area contributed by atoms with Gasteiger partial charge < -0.3 is 4.90 Å². The van der Waals surface area contributed by atoms with Gasteiger partial charge in [0.05, 0.1) is 5.02 Å². The number of rotatable bonds is 5. The highest BCUT2D eigenvalue weighted by Crippen LogP contribution is 2.36. The smallest absolute Gasteiger partial charge is 0.253 e. The summed E-state index contributed by atoms with van der Waals surface area (Å²) in [6.45, 7) is 1.58. The molecule has 8 heteroatoms. The summed E-state index contributed by atoms with van der Waals surface area (Å²) in [5.41, 5.74) is 1.09. The van der Waals surface area contributed by atoms with Gasteiger partial charge in [-0.25, -0.2) is 13.1 Å². The van der Waals surface area contributed by atoms with Crippen molar-refractivity contribution in [3.8, 4) is 0 Å². The Morgan fingerprint density at radius 1 is 1.17 bits per heavy atom. The number of sulfonamides is 1. The normalized spacial score (nSPS) is 21.8. The predicted octanol–water partition coefficient (Wildman–Crippen LogP) is 3.87. The quantitative estimate of drug-likeness (QED) is 0.754. The first-order chi connectivity index (χ1) is 14.4. The van der Waals surface area contributed by atoms with E-state index in [-0.39, 0.29) is 22.4 Å². The summed E-state index contributed by atoms with van der Waals surface area (Å²) in [4.78, 5) is 18.9. The van der Waals surface area contributed by atoms with E-state index in [1.54, 1.807) is 30.6 Å². The molecule has 1 aliphatic carbocycles. The zero-order valence-corrected chi connectivity index (χ0v) is 18.3. The minimum absolute atomic E-state index is 0.0774. The number of hydrogen-bond donors (Lipinski definition) is 1. The van der Waals surface area contributed by atoms with Gasteiger partial charge in [-0.3, -0.25) is 9.78 Å². The number of nitrogens with one attached hydrogen (secondary N) is 1. The first kappa shape index (κ1) is 21.3. The third kappa shape index (κ3) is 4.68. The summed E-state index contributed by atoms with van der Waals surface area (Å²) in [5, 5.41) is 0.0937. The van der Waals surface area contributed by atoms with Crippen molar-refractivity contribution in [2.24, 2.45) is 11.8 Å². The number of halogens is 1. The fraction of sp³-hybridized carbons (Fsp3) is 0.455. The second kappa shape index (κ2) is 9.04. The number of pyridine rings is 1. The Bertz CT molecular complexity index is 1010. The highest BCUT2D eigenvalue weighted by Gasteiger charge is 2.33. The number of aromatic nitrogens is 1. The Morgan fingerprint density at radius 2 is 1.97 bits per heavy atom. The van der Waals surface area contributed by atoms with Gasteiger partial charge in [0.15, 0.2) is 0 Å². The van der Waals surface area contributed by atoms with Gasteiger partial charge in [-0.05, 0) is 54.5 Å². The maximum Gasteiger partial charge on any atom is 0.253 e. The summed E-state index contributed by atoms with van der Waals surface area (Å²) in [6, 6.07) is 8.01. The van der Waals surface area contributed by atoms with Crippen molar-refractivity contribution in [2.45, 2.75) is 43.5 Å². The van der Waals surface area contributed by atoms with Gasteiger partial charge in [0.25, 0.3) is 5.91 Å². The lowest BCUT2D eigenvalue weighted by Gasteiger charge is -2.41. The molecule has 0 bridgehead atoms. The molecular weight excluding hydrogens is 422 g/mol. The number of carbonyl (C=O) groups is 1. The van der Waals surface area contributed by atoms with E-state index in [2.05, 4.69) is 9.71 Å². The lowest BCUT2D eigenvalue weighted by atomic mass is 9.75. The molecule has 2 heterocycles. The van der Waals surface area contributed by atoms with E-state index in [0.717, 1.165) is 31.0 Å². The average molecular weight is 448 g/mol. The van der Waals surface area contributed by atoms with Gasteiger partial charge in [0.2, 0.25) is 10.0 Å². The molecule has 4 rings (SSSR count). The molecule has 6 nitrogen and oxygen atoms in total. The average Bonchev–Trinajstić information content (AvgIpc) is 2.78. The molecule has 1 amide bonds. The van der Waals surface area contributed by atoms with Crippen molar-refractivity contribution in [1.29, 1.82) is 0 Å². The molecule has 1 saturated carbocycles. The summed E-state index contributed by atoms with van der Waals surface area (Å²) in [5.74, 6) is 1.16. The Balaban J connectivity index is 1.50. The molecule has 1 aliphatic heterocycles. The molecule has 30 heavy (non-hydrogen) atoms. The van der Waals surface area contributed by atoms with E-state index in [0.29, 0.717) is 11.5 Å². The van der Waals surface area contributed by atoms with Crippen LogP contribution in [0.25, 0.3) is 0 Å². The molecule has 2 aromatic rings. The second-order valence-electron chi connectivity index (χ2n) is 8.18. The molecular formula is C22H26ClN3O3S. The maximum absolute atomic E-state index is 13.1. The van der Waals surface area contributed by atoms with Gasteiger partial charge in [-0.15, -0.1) is 0 Å². The van der Waals surface area contributed by atoms with E-state index in [1.165, 1.54) is 37.8 Å². The van der Waals surface area contributed by atoms with Crippen LogP contribution in [0.1, 0.15) is 48.0 Å². The molecule has 1 aromatic carbocycles. The van der Waals surface area contributed by atoms with Crippen molar-refractivity contribution in [2.75, 3.05) is 13.1 Å². The van der Waals surface area contributed by atoms with Crippen molar-refractivity contribution in [1.82, 2.24) is 14.6 Å². The van der Waals surface area contributed by atoms with Gasteiger partial charge in [0.1, 0.15) is 4.90 Å². The molecule has 1 N–H and O–H groups in total. The zero-order valence-electron chi connectivity index (χ0n) is 16.8. The fourth-order valence-electron chi connectivity index (χ4n) is 4.57. The molecule has 1 aromatic heterocycles. The monoisotopic (exact) mass is 447 g/mol. The van der Waals surface area contributed by atoms with Crippen LogP contribution in [0.4, 0.5) is 0 Å². The highest BCUT2D eigenvalue weighted by atomic mass is 35.5. The van der Waals surface area contributed by atoms with Crippen LogP contribution in [-0.4, -0.2) is 37.3 Å². The van der Waals surface area contributed by atoms with E-state index >= 15 is 0 Å². The van der Waals surface area contributed by atoms with Crippen LogP contribution in [0.5, 0.6) is 0 Å². The number of likely N-dealkylation sites (tertiary alicyclic amines) is 1. The van der Waals surface area contributed by atoms with Crippen LogP contribution in [-0.2, 0) is 16.6 Å². The molecule has 2 aliphatic rings. The maximum atomic E-state index is 13.1. The van der Waals surface area contributed by atoms with Crippen molar-refractivity contribution in [3.63, 3.8) is 0 Å². The van der Waals surface area contributed by atoms with Crippen LogP contribution < -0.4 is 4.72 Å². The standard InChI is InChI=1S/C22H26ClN3O3S/c23-20-8-7-18(22(27)26-11-9-17-5-1-2-6-19(17)15-26)12-21(20)30(28,29)25-14-16-4-3-10-24-13-16/h3-4,7-8,10,12-13,17,19,25H,1-2,5-6,9,11,14-15H2/t17-,19+/m0/s1. The summed E-state index contributed by atoms with van der Waals surface area (Å²) < 4.78 is 28.2. The SMILES string of the molecule is O=C(c1ccc(Cl)c(S(=O)(=O)NCc2cccnc2)c1)N1CC[C@@H]2CCCC[C@@H]2C1. The number of benzene rings is 1. The minimum Gasteiger partial charge on any atom is -0.338 e. The first-order valence-electron chi connectivity index (χ1n) is 10.4. The van der Waals surface area contributed by atoms with Gasteiger partial charge in [0, 0.05) is 37.6 Å². The van der Waals surface area contributed by atoms with Crippen LogP contribution in [0.15, 0.2) is 47.6 Å². The van der Waals surface area contributed by atoms with Gasteiger partial charge in [-0.1, -0.05) is 36.9 Å². The Labute approximate surface area is 182 Å². The topological polar surface area (TPSA) is 79.4 Å². The number of piperidine rings is 1. The lowest BCUT2D eigenvalue weighted by Crippen LogP contribution is -2.44. The largest absolute Gasteiger partial charge is 0.338 e. The number of amides is 1. The number of nitrogens with zero attached hydrogens (tertiary/aromatic N) is 2. The van der Waals surface area contributed by atoms with Crippen LogP contribution >= 0.6 is 11.6 Å². The highest BCUT2D eigenvalue weighted by molar-refractivity contribution is 7.89. The van der Waals surface area contributed by atoms with Crippen molar-refractivity contribution >= 4 is 27.5 Å².